The highest BCUT2D eigenvalue weighted by atomic mass is 32.2. The predicted octanol–water partition coefficient (Wildman–Crippen LogP) is 1.41. The summed E-state index contributed by atoms with van der Waals surface area (Å²) in [5.41, 5.74) is 5.93. The van der Waals surface area contributed by atoms with Crippen LogP contribution in [0, 0.1) is 0 Å². The molecule has 0 aliphatic rings. The second kappa shape index (κ2) is 8.26. The molecule has 1 rings (SSSR count). The minimum Gasteiger partial charge on any atom is -0.365 e. The van der Waals surface area contributed by atoms with E-state index in [0.717, 1.165) is 0 Å². The first-order chi connectivity index (χ1) is 9.90. The van der Waals surface area contributed by atoms with Crippen molar-refractivity contribution in [3.8, 4) is 0 Å². The van der Waals surface area contributed by atoms with E-state index in [1.54, 1.807) is 0 Å². The number of hydrogen-bond acceptors (Lipinski definition) is 4. The summed E-state index contributed by atoms with van der Waals surface area (Å²) >= 11 is 0. The molecular weight excluding hydrogens is 300 g/mol. The Labute approximate surface area is 124 Å². The van der Waals surface area contributed by atoms with E-state index in [1.807, 2.05) is 6.92 Å². The maximum atomic E-state index is 12.5. The lowest BCUT2D eigenvalue weighted by atomic mass is 10.3. The van der Waals surface area contributed by atoms with Crippen molar-refractivity contribution in [2.75, 3.05) is 31.1 Å². The monoisotopic (exact) mass is 321 g/mol. The van der Waals surface area contributed by atoms with E-state index in [2.05, 4.69) is 4.72 Å². The van der Waals surface area contributed by atoms with Gasteiger partial charge < -0.3 is 10.6 Å². The minimum atomic E-state index is -3.54. The lowest BCUT2D eigenvalue weighted by Gasteiger charge is -2.23. The number of nitrogens with zero attached hydrogens (tertiary/aromatic N) is 1. The number of nitrogens with two attached hydrogens (primary N) is 1. The molecule has 0 saturated carbocycles. The molecule has 0 aliphatic carbocycles. The molecule has 21 heavy (non-hydrogen) atoms. The fraction of sp³-hybridized carbons (Fsp3) is 0.538. The Balaban J connectivity index is 2.89. The van der Waals surface area contributed by atoms with Gasteiger partial charge >= 0.3 is 0 Å². The van der Waals surface area contributed by atoms with Gasteiger partial charge in [0.2, 0.25) is 10.0 Å². The van der Waals surface area contributed by atoms with E-state index < -0.39 is 23.0 Å². The second-order valence-corrected chi connectivity index (χ2v) is 6.28. The van der Waals surface area contributed by atoms with E-state index in [1.165, 1.54) is 29.2 Å². The number of halogens is 2. The van der Waals surface area contributed by atoms with Gasteiger partial charge in [-0.3, -0.25) is 0 Å². The lowest BCUT2D eigenvalue weighted by molar-refractivity contribution is 0.155. The molecule has 0 bridgehead atoms. The first kappa shape index (κ1) is 17.8. The first-order valence-corrected chi connectivity index (χ1v) is 8.22. The van der Waals surface area contributed by atoms with Crippen molar-refractivity contribution in [2.45, 2.75) is 24.7 Å². The van der Waals surface area contributed by atoms with Gasteiger partial charge in [0.25, 0.3) is 6.43 Å². The van der Waals surface area contributed by atoms with Crippen molar-refractivity contribution in [1.29, 1.82) is 0 Å². The average Bonchev–Trinajstić information content (AvgIpc) is 2.44. The fourth-order valence-electron chi connectivity index (χ4n) is 1.80. The Morgan fingerprint density at radius 3 is 2.38 bits per heavy atom. The molecule has 5 nitrogen and oxygen atoms in total. The van der Waals surface area contributed by atoms with Crippen molar-refractivity contribution in [3.63, 3.8) is 0 Å². The third-order valence-corrected chi connectivity index (χ3v) is 4.29. The van der Waals surface area contributed by atoms with Crippen LogP contribution in [0.15, 0.2) is 29.2 Å². The van der Waals surface area contributed by atoms with E-state index in [0.29, 0.717) is 18.7 Å². The zero-order chi connectivity index (χ0) is 15.9. The molecule has 0 heterocycles. The summed E-state index contributed by atoms with van der Waals surface area (Å²) < 4.78 is 51.3. The van der Waals surface area contributed by atoms with Crippen LogP contribution in [0.5, 0.6) is 0 Å². The molecule has 0 unspecified atom stereocenters. The zero-order valence-corrected chi connectivity index (χ0v) is 12.7. The molecule has 8 heteroatoms. The molecule has 0 amide bonds. The maximum absolute atomic E-state index is 12.5. The van der Waals surface area contributed by atoms with Crippen LogP contribution in [0.3, 0.4) is 0 Å². The van der Waals surface area contributed by atoms with Crippen LogP contribution < -0.4 is 15.4 Å². The van der Waals surface area contributed by atoms with Crippen molar-refractivity contribution in [2.24, 2.45) is 5.73 Å². The van der Waals surface area contributed by atoms with Gasteiger partial charge in [0.05, 0.1) is 11.4 Å². The summed E-state index contributed by atoms with van der Waals surface area (Å²) in [6.45, 7) is 2.31. The third-order valence-electron chi connectivity index (χ3n) is 2.81. The quantitative estimate of drug-likeness (QED) is 0.721. The van der Waals surface area contributed by atoms with Crippen LogP contribution in [0.4, 0.5) is 14.5 Å². The van der Waals surface area contributed by atoms with E-state index in [-0.39, 0.29) is 18.0 Å². The Kier molecular flexibility index (Phi) is 7.00. The number of rotatable bonds is 9. The number of anilines is 1. The number of benzene rings is 1. The van der Waals surface area contributed by atoms with Crippen LogP contribution in [0.25, 0.3) is 0 Å². The Bertz CT molecular complexity index is 521. The van der Waals surface area contributed by atoms with Crippen molar-refractivity contribution in [1.82, 2.24) is 4.72 Å². The Hall–Kier alpha value is -1.25. The molecule has 0 spiro atoms. The Morgan fingerprint density at radius 1 is 1.29 bits per heavy atom. The number of sulfonamides is 1. The molecule has 120 valence electrons. The van der Waals surface area contributed by atoms with Gasteiger partial charge in [0, 0.05) is 25.3 Å². The molecule has 0 fully saturated rings. The molecular formula is C13H21F2N3O2S. The number of hydrogen-bond donors (Lipinski definition) is 2. The SMILES string of the molecule is CCCNS(=O)(=O)c1ccc(N(CCN)CC(F)F)cc1. The van der Waals surface area contributed by atoms with Gasteiger partial charge in [0.1, 0.15) is 0 Å². The molecule has 0 radical (unpaired) electrons. The van der Waals surface area contributed by atoms with E-state index >= 15 is 0 Å². The van der Waals surface area contributed by atoms with Crippen LogP contribution in [0.2, 0.25) is 0 Å². The summed E-state index contributed by atoms with van der Waals surface area (Å²) in [6, 6.07) is 5.84. The standard InChI is InChI=1S/C13H21F2N3O2S/c1-2-8-17-21(19,20)12-5-3-11(4-6-12)18(9-7-16)10-13(14)15/h3-6,13,17H,2,7-10,16H2,1H3. The summed E-state index contributed by atoms with van der Waals surface area (Å²) in [7, 11) is -3.54. The van der Waals surface area contributed by atoms with Gasteiger partial charge in [0.15, 0.2) is 0 Å². The minimum absolute atomic E-state index is 0.115. The predicted molar refractivity (Wildman–Crippen MR) is 79.2 cm³/mol. The van der Waals surface area contributed by atoms with Crippen LogP contribution >= 0.6 is 0 Å². The van der Waals surface area contributed by atoms with E-state index in [4.69, 9.17) is 5.73 Å². The average molecular weight is 321 g/mol. The summed E-state index contributed by atoms with van der Waals surface area (Å²) in [6.07, 6.45) is -1.79. The van der Waals surface area contributed by atoms with Crippen molar-refractivity contribution in [3.05, 3.63) is 24.3 Å². The molecule has 0 aromatic heterocycles. The molecule has 3 N–H and O–H groups in total. The highest BCUT2D eigenvalue weighted by Gasteiger charge is 2.15. The Morgan fingerprint density at radius 2 is 1.90 bits per heavy atom. The smallest absolute Gasteiger partial charge is 0.255 e. The third kappa shape index (κ3) is 5.56. The fourth-order valence-corrected chi connectivity index (χ4v) is 2.94. The highest BCUT2D eigenvalue weighted by molar-refractivity contribution is 7.89. The maximum Gasteiger partial charge on any atom is 0.255 e. The lowest BCUT2D eigenvalue weighted by Crippen LogP contribution is -2.33. The zero-order valence-electron chi connectivity index (χ0n) is 11.9. The molecule has 0 saturated heterocycles. The van der Waals surface area contributed by atoms with Crippen LogP contribution in [0.1, 0.15) is 13.3 Å². The number of nitrogens with one attached hydrogen (secondary N) is 1. The normalized spacial score (nSPS) is 11.9. The summed E-state index contributed by atoms with van der Waals surface area (Å²) in [5.74, 6) is 0. The first-order valence-electron chi connectivity index (χ1n) is 6.73. The molecule has 0 aliphatic heterocycles. The van der Waals surface area contributed by atoms with Crippen LogP contribution in [-0.2, 0) is 10.0 Å². The van der Waals surface area contributed by atoms with Gasteiger partial charge in [-0.05, 0) is 30.7 Å². The van der Waals surface area contributed by atoms with Gasteiger partial charge in [-0.25, -0.2) is 21.9 Å². The van der Waals surface area contributed by atoms with Gasteiger partial charge in [-0.15, -0.1) is 0 Å². The summed E-state index contributed by atoms with van der Waals surface area (Å²) in [5, 5.41) is 0. The topological polar surface area (TPSA) is 75.4 Å². The molecule has 0 atom stereocenters. The van der Waals surface area contributed by atoms with Crippen molar-refractivity contribution >= 4 is 15.7 Å². The second-order valence-electron chi connectivity index (χ2n) is 4.52. The molecule has 1 aromatic rings. The molecule has 1 aromatic carbocycles. The highest BCUT2D eigenvalue weighted by Crippen LogP contribution is 2.18. The van der Waals surface area contributed by atoms with Crippen LogP contribution in [-0.4, -0.2) is 41.0 Å². The van der Waals surface area contributed by atoms with Crippen molar-refractivity contribution < 1.29 is 17.2 Å². The largest absolute Gasteiger partial charge is 0.365 e. The van der Waals surface area contributed by atoms with Gasteiger partial charge in [-0.1, -0.05) is 6.92 Å². The summed E-state index contributed by atoms with van der Waals surface area (Å²) in [4.78, 5) is 1.55. The van der Waals surface area contributed by atoms with Gasteiger partial charge in [-0.2, -0.15) is 0 Å². The number of alkyl halides is 2. The van der Waals surface area contributed by atoms with E-state index in [9.17, 15) is 17.2 Å².